The first kappa shape index (κ1) is 12.1. The van der Waals surface area contributed by atoms with Crippen molar-refractivity contribution in [2.24, 2.45) is 0 Å². The van der Waals surface area contributed by atoms with E-state index in [1.54, 1.807) is 31.4 Å². The lowest BCUT2D eigenvalue weighted by Crippen LogP contribution is -1.97. The topological polar surface area (TPSA) is 46.5 Å². The molecule has 0 bridgehead atoms. The van der Waals surface area contributed by atoms with Crippen LogP contribution in [-0.2, 0) is 0 Å². The lowest BCUT2D eigenvalue weighted by molar-refractivity contribution is 0.0697. The van der Waals surface area contributed by atoms with Crippen molar-refractivity contribution in [3.8, 4) is 16.9 Å². The van der Waals surface area contributed by atoms with E-state index < -0.39 is 11.8 Å². The van der Waals surface area contributed by atoms with E-state index in [-0.39, 0.29) is 11.1 Å². The number of aromatic carboxylic acids is 1. The molecule has 0 amide bonds. The van der Waals surface area contributed by atoms with E-state index in [1.807, 2.05) is 0 Å². The van der Waals surface area contributed by atoms with Gasteiger partial charge in [-0.1, -0.05) is 12.1 Å². The second kappa shape index (κ2) is 4.87. The highest BCUT2D eigenvalue weighted by Gasteiger charge is 2.10. The van der Waals surface area contributed by atoms with Crippen molar-refractivity contribution in [3.63, 3.8) is 0 Å². The number of hydrogen-bond donors (Lipinski definition) is 1. The fraction of sp³-hybridized carbons (Fsp3) is 0.0714. The summed E-state index contributed by atoms with van der Waals surface area (Å²) in [5.41, 5.74) is 0.927. The third kappa shape index (κ3) is 2.32. The molecule has 0 atom stereocenters. The zero-order valence-electron chi connectivity index (χ0n) is 9.68. The average molecular weight is 246 g/mol. The van der Waals surface area contributed by atoms with Crippen LogP contribution >= 0.6 is 0 Å². The van der Waals surface area contributed by atoms with Gasteiger partial charge >= 0.3 is 5.97 Å². The SMILES string of the molecule is COc1ccc(-c2cc(C(=O)O)ccc2F)cc1. The molecule has 0 aliphatic rings. The molecule has 0 saturated heterocycles. The summed E-state index contributed by atoms with van der Waals surface area (Å²) in [6, 6.07) is 10.5. The Labute approximate surface area is 103 Å². The molecule has 2 aromatic carbocycles. The van der Waals surface area contributed by atoms with Crippen LogP contribution in [-0.4, -0.2) is 18.2 Å². The van der Waals surface area contributed by atoms with Gasteiger partial charge in [0, 0.05) is 5.56 Å². The number of carboxylic acid groups (broad SMARTS) is 1. The van der Waals surface area contributed by atoms with E-state index in [0.717, 1.165) is 6.07 Å². The van der Waals surface area contributed by atoms with Crippen molar-refractivity contribution in [1.29, 1.82) is 0 Å². The van der Waals surface area contributed by atoms with Crippen LogP contribution in [0.4, 0.5) is 4.39 Å². The standard InChI is InChI=1S/C14H11FO3/c1-18-11-5-2-9(3-6-11)12-8-10(14(16)17)4-7-13(12)15/h2-8H,1H3,(H,16,17). The highest BCUT2D eigenvalue weighted by atomic mass is 19.1. The van der Waals surface area contributed by atoms with Crippen molar-refractivity contribution in [1.82, 2.24) is 0 Å². The van der Waals surface area contributed by atoms with E-state index >= 15 is 0 Å². The Kier molecular flexibility index (Phi) is 3.28. The highest BCUT2D eigenvalue weighted by molar-refractivity contribution is 5.89. The van der Waals surface area contributed by atoms with E-state index in [2.05, 4.69) is 0 Å². The van der Waals surface area contributed by atoms with E-state index in [9.17, 15) is 9.18 Å². The predicted molar refractivity (Wildman–Crippen MR) is 65.3 cm³/mol. The fourth-order valence-corrected chi connectivity index (χ4v) is 1.65. The molecule has 0 fully saturated rings. The van der Waals surface area contributed by atoms with Crippen LogP contribution in [0.5, 0.6) is 5.75 Å². The summed E-state index contributed by atoms with van der Waals surface area (Å²) < 4.78 is 18.7. The van der Waals surface area contributed by atoms with E-state index in [4.69, 9.17) is 9.84 Å². The maximum Gasteiger partial charge on any atom is 0.335 e. The number of carboxylic acids is 1. The minimum absolute atomic E-state index is 0.0576. The normalized spacial score (nSPS) is 10.1. The smallest absolute Gasteiger partial charge is 0.335 e. The molecule has 1 N–H and O–H groups in total. The van der Waals surface area contributed by atoms with Crippen LogP contribution in [0.3, 0.4) is 0 Å². The molecule has 0 heterocycles. The molecular weight excluding hydrogens is 235 g/mol. The lowest BCUT2D eigenvalue weighted by atomic mass is 10.0. The Hall–Kier alpha value is -2.36. The molecule has 3 nitrogen and oxygen atoms in total. The number of methoxy groups -OCH3 is 1. The number of benzene rings is 2. The molecular formula is C14H11FO3. The fourth-order valence-electron chi connectivity index (χ4n) is 1.65. The van der Waals surface area contributed by atoms with Gasteiger partial charge in [-0.3, -0.25) is 0 Å². The molecule has 92 valence electrons. The van der Waals surface area contributed by atoms with Crippen LogP contribution in [0, 0.1) is 5.82 Å². The van der Waals surface area contributed by atoms with Crippen molar-refractivity contribution < 1.29 is 19.0 Å². The quantitative estimate of drug-likeness (QED) is 0.904. The zero-order valence-corrected chi connectivity index (χ0v) is 9.68. The summed E-state index contributed by atoms with van der Waals surface area (Å²) in [4.78, 5) is 10.9. The molecule has 0 aromatic heterocycles. The first-order chi connectivity index (χ1) is 8.61. The third-order valence-corrected chi connectivity index (χ3v) is 2.61. The molecule has 0 saturated carbocycles. The maximum absolute atomic E-state index is 13.7. The van der Waals surface area contributed by atoms with Gasteiger partial charge in [0.25, 0.3) is 0 Å². The zero-order chi connectivity index (χ0) is 13.1. The van der Waals surface area contributed by atoms with Gasteiger partial charge in [-0.15, -0.1) is 0 Å². The summed E-state index contributed by atoms with van der Waals surface area (Å²) >= 11 is 0. The Morgan fingerprint density at radius 2 is 1.83 bits per heavy atom. The summed E-state index contributed by atoms with van der Waals surface area (Å²) in [6.07, 6.45) is 0. The van der Waals surface area contributed by atoms with Crippen LogP contribution < -0.4 is 4.74 Å². The van der Waals surface area contributed by atoms with Gasteiger partial charge in [-0.25, -0.2) is 9.18 Å². The van der Waals surface area contributed by atoms with Gasteiger partial charge in [0.05, 0.1) is 12.7 Å². The summed E-state index contributed by atoms with van der Waals surface area (Å²) in [6.45, 7) is 0. The van der Waals surface area contributed by atoms with E-state index in [1.165, 1.54) is 12.1 Å². The minimum atomic E-state index is -1.08. The van der Waals surface area contributed by atoms with Gasteiger partial charge in [-0.05, 0) is 35.9 Å². The Morgan fingerprint density at radius 1 is 1.17 bits per heavy atom. The molecule has 0 radical (unpaired) electrons. The molecule has 0 aliphatic carbocycles. The van der Waals surface area contributed by atoms with Crippen LogP contribution in [0.2, 0.25) is 0 Å². The lowest BCUT2D eigenvalue weighted by Gasteiger charge is -2.06. The average Bonchev–Trinajstić information content (AvgIpc) is 2.39. The minimum Gasteiger partial charge on any atom is -0.497 e. The Balaban J connectivity index is 2.48. The molecule has 4 heteroatoms. The van der Waals surface area contributed by atoms with Crippen molar-refractivity contribution in [2.45, 2.75) is 0 Å². The van der Waals surface area contributed by atoms with Crippen molar-refractivity contribution >= 4 is 5.97 Å². The number of rotatable bonds is 3. The van der Waals surface area contributed by atoms with Crippen LogP contribution in [0.1, 0.15) is 10.4 Å². The molecule has 0 aliphatic heterocycles. The highest BCUT2D eigenvalue weighted by Crippen LogP contribution is 2.26. The van der Waals surface area contributed by atoms with E-state index in [0.29, 0.717) is 11.3 Å². The third-order valence-electron chi connectivity index (χ3n) is 2.61. The second-order valence-corrected chi connectivity index (χ2v) is 3.73. The summed E-state index contributed by atoms with van der Waals surface area (Å²) in [7, 11) is 1.54. The molecule has 0 unspecified atom stereocenters. The van der Waals surface area contributed by atoms with Gasteiger partial charge in [-0.2, -0.15) is 0 Å². The van der Waals surface area contributed by atoms with Gasteiger partial charge in [0.2, 0.25) is 0 Å². The van der Waals surface area contributed by atoms with Crippen LogP contribution in [0.25, 0.3) is 11.1 Å². The molecule has 18 heavy (non-hydrogen) atoms. The first-order valence-corrected chi connectivity index (χ1v) is 5.29. The molecule has 0 spiro atoms. The van der Waals surface area contributed by atoms with Gasteiger partial charge in [0.15, 0.2) is 0 Å². The van der Waals surface area contributed by atoms with Gasteiger partial charge < -0.3 is 9.84 Å². The largest absolute Gasteiger partial charge is 0.497 e. The monoisotopic (exact) mass is 246 g/mol. The predicted octanol–water partition coefficient (Wildman–Crippen LogP) is 3.20. The number of hydrogen-bond acceptors (Lipinski definition) is 2. The summed E-state index contributed by atoms with van der Waals surface area (Å²) in [5, 5.41) is 8.89. The number of ether oxygens (including phenoxy) is 1. The Morgan fingerprint density at radius 3 is 2.39 bits per heavy atom. The number of carbonyl (C=O) groups is 1. The molecule has 2 rings (SSSR count). The first-order valence-electron chi connectivity index (χ1n) is 5.29. The Bertz CT molecular complexity index is 576. The maximum atomic E-state index is 13.7. The van der Waals surface area contributed by atoms with Gasteiger partial charge in [0.1, 0.15) is 11.6 Å². The number of halogens is 1. The van der Waals surface area contributed by atoms with Crippen LogP contribution in [0.15, 0.2) is 42.5 Å². The molecule has 2 aromatic rings. The summed E-state index contributed by atoms with van der Waals surface area (Å²) in [5.74, 6) is -0.872. The second-order valence-electron chi connectivity index (χ2n) is 3.73. The van der Waals surface area contributed by atoms with Crippen molar-refractivity contribution in [2.75, 3.05) is 7.11 Å². The van der Waals surface area contributed by atoms with Crippen molar-refractivity contribution in [3.05, 3.63) is 53.8 Å².